The number of benzene rings is 6. The van der Waals surface area contributed by atoms with Crippen LogP contribution in [0.15, 0.2) is 133 Å². The SMILES string of the molecule is C=Cc1oc2ccc(-n3c(/C=C\C)c(C=C)c4cc(-c5ccc6c7ccccc7c7ccccc7c6c5)ccc43)cc2c1/C=C\C. The second-order valence-corrected chi connectivity index (χ2v) is 11.7. The molecule has 220 valence electrons. The average molecular weight is 592 g/mol. The Bertz CT molecular complexity index is 2550. The summed E-state index contributed by atoms with van der Waals surface area (Å²) in [5, 5.41) is 9.91. The van der Waals surface area contributed by atoms with E-state index in [1.807, 2.05) is 19.1 Å². The maximum absolute atomic E-state index is 6.12. The Balaban J connectivity index is 1.36. The average Bonchev–Trinajstić information content (AvgIpc) is 3.62. The van der Waals surface area contributed by atoms with Crippen molar-refractivity contribution in [3.63, 3.8) is 0 Å². The summed E-state index contributed by atoms with van der Waals surface area (Å²) in [7, 11) is 0. The second-order valence-electron chi connectivity index (χ2n) is 11.7. The number of allylic oxidation sites excluding steroid dienone is 2. The highest BCUT2D eigenvalue weighted by Gasteiger charge is 2.18. The molecular formula is C44H33NO. The summed E-state index contributed by atoms with van der Waals surface area (Å²) < 4.78 is 8.45. The molecule has 0 aliphatic rings. The highest BCUT2D eigenvalue weighted by Crippen LogP contribution is 2.40. The molecule has 8 aromatic rings. The Morgan fingerprint density at radius 2 is 1.15 bits per heavy atom. The lowest BCUT2D eigenvalue weighted by atomic mass is 9.92. The zero-order valence-electron chi connectivity index (χ0n) is 26.0. The van der Waals surface area contributed by atoms with Crippen LogP contribution in [0.3, 0.4) is 0 Å². The monoisotopic (exact) mass is 591 g/mol. The lowest BCUT2D eigenvalue weighted by Gasteiger charge is -2.12. The van der Waals surface area contributed by atoms with Gasteiger partial charge in [-0.15, -0.1) is 0 Å². The minimum absolute atomic E-state index is 0.781. The molecule has 0 amide bonds. The van der Waals surface area contributed by atoms with Gasteiger partial charge in [0.15, 0.2) is 0 Å². The predicted octanol–water partition coefficient (Wildman–Crippen LogP) is 12.9. The Labute approximate surface area is 268 Å². The lowest BCUT2D eigenvalue weighted by molar-refractivity contribution is 0.603. The van der Waals surface area contributed by atoms with E-state index in [2.05, 4.69) is 146 Å². The van der Waals surface area contributed by atoms with Crippen molar-refractivity contribution in [3.8, 4) is 16.8 Å². The smallest absolute Gasteiger partial charge is 0.135 e. The van der Waals surface area contributed by atoms with E-state index in [1.54, 1.807) is 6.08 Å². The number of aromatic nitrogens is 1. The summed E-state index contributed by atoms with van der Waals surface area (Å²) in [4.78, 5) is 0. The van der Waals surface area contributed by atoms with Crippen molar-refractivity contribution < 1.29 is 4.42 Å². The molecule has 0 aliphatic heterocycles. The quantitative estimate of drug-likeness (QED) is 0.176. The molecule has 2 heteroatoms. The summed E-state index contributed by atoms with van der Waals surface area (Å²) in [5.74, 6) is 0.781. The fraction of sp³-hybridized carbons (Fsp3) is 0.0455. The molecule has 0 bridgehead atoms. The van der Waals surface area contributed by atoms with Gasteiger partial charge in [0, 0.05) is 27.6 Å². The normalized spacial score (nSPS) is 12.1. The van der Waals surface area contributed by atoms with E-state index in [-0.39, 0.29) is 0 Å². The molecule has 2 heterocycles. The molecule has 0 unspecified atom stereocenters. The fourth-order valence-electron chi connectivity index (χ4n) is 7.17. The Morgan fingerprint density at radius 3 is 1.78 bits per heavy atom. The summed E-state index contributed by atoms with van der Waals surface area (Å²) in [6, 6.07) is 37.6. The van der Waals surface area contributed by atoms with E-state index in [9.17, 15) is 0 Å². The molecule has 46 heavy (non-hydrogen) atoms. The fourth-order valence-corrected chi connectivity index (χ4v) is 7.17. The van der Waals surface area contributed by atoms with Crippen LogP contribution in [0.5, 0.6) is 0 Å². The summed E-state index contributed by atoms with van der Waals surface area (Å²) in [6.45, 7) is 12.3. The molecule has 0 N–H and O–H groups in total. The van der Waals surface area contributed by atoms with Gasteiger partial charge >= 0.3 is 0 Å². The van der Waals surface area contributed by atoms with Crippen LogP contribution in [0.25, 0.3) is 95.3 Å². The third-order valence-corrected chi connectivity index (χ3v) is 9.17. The number of rotatable bonds is 6. The van der Waals surface area contributed by atoms with Gasteiger partial charge in [-0.05, 0) is 106 Å². The van der Waals surface area contributed by atoms with Crippen molar-refractivity contribution in [3.05, 3.63) is 151 Å². The molecule has 6 aromatic carbocycles. The minimum Gasteiger partial charge on any atom is -0.456 e. The van der Waals surface area contributed by atoms with Crippen LogP contribution in [0, 0.1) is 0 Å². The zero-order chi connectivity index (χ0) is 31.4. The van der Waals surface area contributed by atoms with E-state index in [0.29, 0.717) is 0 Å². The van der Waals surface area contributed by atoms with Gasteiger partial charge in [-0.3, -0.25) is 0 Å². The van der Waals surface area contributed by atoms with Gasteiger partial charge in [0.05, 0.1) is 11.2 Å². The van der Waals surface area contributed by atoms with Crippen molar-refractivity contribution >= 4 is 78.5 Å². The molecule has 0 saturated heterocycles. The summed E-state index contributed by atoms with van der Waals surface area (Å²) in [5.41, 5.74) is 8.66. The summed E-state index contributed by atoms with van der Waals surface area (Å²) in [6.07, 6.45) is 12.1. The van der Waals surface area contributed by atoms with E-state index < -0.39 is 0 Å². The predicted molar refractivity (Wildman–Crippen MR) is 201 cm³/mol. The van der Waals surface area contributed by atoms with E-state index in [0.717, 1.165) is 50.1 Å². The number of hydrogen-bond donors (Lipinski definition) is 0. The Morgan fingerprint density at radius 1 is 0.543 bits per heavy atom. The first kappa shape index (κ1) is 27.7. The third-order valence-electron chi connectivity index (χ3n) is 9.17. The molecule has 0 aliphatic carbocycles. The third kappa shape index (κ3) is 4.11. The molecule has 0 spiro atoms. The first-order valence-electron chi connectivity index (χ1n) is 15.7. The number of hydrogen-bond acceptors (Lipinski definition) is 1. The van der Waals surface area contributed by atoms with E-state index >= 15 is 0 Å². The largest absolute Gasteiger partial charge is 0.456 e. The topological polar surface area (TPSA) is 18.1 Å². The Hall–Kier alpha value is -5.86. The van der Waals surface area contributed by atoms with Crippen LogP contribution in [0.4, 0.5) is 0 Å². The number of nitrogens with zero attached hydrogens (tertiary/aromatic N) is 1. The van der Waals surface area contributed by atoms with Crippen molar-refractivity contribution in [2.75, 3.05) is 0 Å². The highest BCUT2D eigenvalue weighted by molar-refractivity contribution is 6.25. The first-order valence-corrected chi connectivity index (χ1v) is 15.7. The first-order chi connectivity index (χ1) is 22.6. The highest BCUT2D eigenvalue weighted by atomic mass is 16.3. The maximum Gasteiger partial charge on any atom is 0.135 e. The van der Waals surface area contributed by atoms with Gasteiger partial charge in [-0.1, -0.05) is 104 Å². The van der Waals surface area contributed by atoms with Gasteiger partial charge in [0.2, 0.25) is 0 Å². The molecule has 0 fully saturated rings. The molecule has 2 nitrogen and oxygen atoms in total. The van der Waals surface area contributed by atoms with Crippen LogP contribution >= 0.6 is 0 Å². The molecule has 8 rings (SSSR count). The minimum atomic E-state index is 0.781. The lowest BCUT2D eigenvalue weighted by Crippen LogP contribution is -1.97. The molecular weight excluding hydrogens is 558 g/mol. The van der Waals surface area contributed by atoms with E-state index in [1.165, 1.54) is 43.4 Å². The molecule has 2 aromatic heterocycles. The van der Waals surface area contributed by atoms with Crippen LogP contribution < -0.4 is 0 Å². The van der Waals surface area contributed by atoms with E-state index in [4.69, 9.17) is 4.42 Å². The maximum atomic E-state index is 6.12. The second kappa shape index (κ2) is 10.9. The van der Waals surface area contributed by atoms with Gasteiger partial charge in [0.1, 0.15) is 11.3 Å². The number of furan rings is 1. The molecule has 0 atom stereocenters. The Kier molecular flexibility index (Phi) is 6.58. The van der Waals surface area contributed by atoms with Crippen molar-refractivity contribution in [1.29, 1.82) is 0 Å². The van der Waals surface area contributed by atoms with Gasteiger partial charge < -0.3 is 8.98 Å². The van der Waals surface area contributed by atoms with Crippen LogP contribution in [-0.4, -0.2) is 4.57 Å². The summed E-state index contributed by atoms with van der Waals surface area (Å²) >= 11 is 0. The van der Waals surface area contributed by atoms with Crippen molar-refractivity contribution in [2.24, 2.45) is 0 Å². The zero-order valence-corrected chi connectivity index (χ0v) is 26.0. The van der Waals surface area contributed by atoms with Gasteiger partial charge in [-0.25, -0.2) is 0 Å². The van der Waals surface area contributed by atoms with Crippen LogP contribution in [0.2, 0.25) is 0 Å². The number of fused-ring (bicyclic) bond motifs is 8. The van der Waals surface area contributed by atoms with Crippen molar-refractivity contribution in [2.45, 2.75) is 13.8 Å². The van der Waals surface area contributed by atoms with Crippen molar-refractivity contribution in [1.82, 2.24) is 4.57 Å². The van der Waals surface area contributed by atoms with Crippen LogP contribution in [0.1, 0.15) is 36.4 Å². The molecule has 0 radical (unpaired) electrons. The van der Waals surface area contributed by atoms with Gasteiger partial charge in [0.25, 0.3) is 0 Å². The molecule has 0 saturated carbocycles. The van der Waals surface area contributed by atoms with Gasteiger partial charge in [-0.2, -0.15) is 0 Å². The van der Waals surface area contributed by atoms with Crippen LogP contribution in [-0.2, 0) is 0 Å². The standard InChI is InChI=1S/C44H33NO/c1-5-13-37-40-27-30(21-24-44(40)46-43(37)8-4)45-41(14-6-2)31(7-3)39-26-29(20-23-42(39)45)28-19-22-36-34-17-10-9-15-32(34)33-16-11-12-18-35(33)38(36)25-28/h5-27H,3-4H2,1-2H3/b13-5-,14-6-.